The van der Waals surface area contributed by atoms with Crippen LogP contribution >= 0.6 is 11.6 Å². The Bertz CT molecular complexity index is 997. The summed E-state index contributed by atoms with van der Waals surface area (Å²) in [6.45, 7) is 3.37. The Morgan fingerprint density at radius 1 is 1.37 bits per heavy atom. The highest BCUT2D eigenvalue weighted by Gasteiger charge is 2.25. The molecule has 9 heteroatoms. The van der Waals surface area contributed by atoms with Crippen LogP contribution in [-0.4, -0.2) is 46.4 Å². The first-order chi connectivity index (χ1) is 13.1. The second kappa shape index (κ2) is 7.66. The van der Waals surface area contributed by atoms with Crippen molar-refractivity contribution >= 4 is 28.3 Å². The number of benzene rings is 1. The average Bonchev–Trinajstić information content (AvgIpc) is 3.09. The topological polar surface area (TPSA) is 87.0 Å². The van der Waals surface area contributed by atoms with Gasteiger partial charge in [-0.2, -0.15) is 5.10 Å². The van der Waals surface area contributed by atoms with Gasteiger partial charge in [-0.25, -0.2) is 9.49 Å². The lowest BCUT2D eigenvalue weighted by molar-refractivity contribution is 0.216. The van der Waals surface area contributed by atoms with Crippen LogP contribution in [0.5, 0.6) is 0 Å². The van der Waals surface area contributed by atoms with Gasteiger partial charge in [-0.3, -0.25) is 4.79 Å². The minimum Gasteiger partial charge on any atom is -0.381 e. The van der Waals surface area contributed by atoms with E-state index in [1.807, 2.05) is 0 Å². The number of piperidine rings is 1. The number of aromatic amines is 1. The molecule has 0 unspecified atom stereocenters. The summed E-state index contributed by atoms with van der Waals surface area (Å²) in [6.07, 6.45) is 3.44. The highest BCUT2D eigenvalue weighted by molar-refractivity contribution is 6.32. The molecule has 2 aromatic heterocycles. The summed E-state index contributed by atoms with van der Waals surface area (Å²) < 4.78 is 18.6. The van der Waals surface area contributed by atoms with E-state index in [0.717, 1.165) is 43.6 Å². The van der Waals surface area contributed by atoms with Crippen LogP contribution in [0.1, 0.15) is 24.5 Å². The summed E-state index contributed by atoms with van der Waals surface area (Å²) in [5.74, 6) is -0.00419. The van der Waals surface area contributed by atoms with Crippen molar-refractivity contribution < 1.29 is 8.91 Å². The number of hydrogen-bond acceptors (Lipinski definition) is 6. The van der Waals surface area contributed by atoms with Gasteiger partial charge < -0.3 is 14.7 Å². The molecule has 1 saturated heterocycles. The first-order valence-corrected chi connectivity index (χ1v) is 9.24. The van der Waals surface area contributed by atoms with E-state index < -0.39 is 5.56 Å². The van der Waals surface area contributed by atoms with Crippen molar-refractivity contribution in [2.45, 2.75) is 18.8 Å². The second-order valence-electron chi connectivity index (χ2n) is 6.68. The van der Waals surface area contributed by atoms with Crippen LogP contribution in [0, 0.1) is 5.82 Å². The molecule has 1 aromatic carbocycles. The second-order valence-corrected chi connectivity index (χ2v) is 7.06. The molecule has 1 aliphatic rings. The van der Waals surface area contributed by atoms with Crippen LogP contribution in [0.25, 0.3) is 11.0 Å². The number of anilines is 1. The van der Waals surface area contributed by atoms with E-state index in [0.29, 0.717) is 23.7 Å². The van der Waals surface area contributed by atoms with Crippen molar-refractivity contribution in [2.75, 3.05) is 31.5 Å². The lowest BCUT2D eigenvalue weighted by atomic mass is 9.91. The Morgan fingerprint density at radius 3 is 3.00 bits per heavy atom. The van der Waals surface area contributed by atoms with Gasteiger partial charge in [0.05, 0.1) is 17.6 Å². The molecule has 0 radical (unpaired) electrons. The van der Waals surface area contributed by atoms with Crippen molar-refractivity contribution in [1.82, 2.24) is 20.3 Å². The molecule has 0 amide bonds. The monoisotopic (exact) mass is 391 g/mol. The van der Waals surface area contributed by atoms with Crippen molar-refractivity contribution in [1.29, 1.82) is 0 Å². The lowest BCUT2D eigenvalue weighted by Gasteiger charge is -2.31. The van der Waals surface area contributed by atoms with Gasteiger partial charge in [0.2, 0.25) is 0 Å². The molecular formula is C18H19ClFN5O2. The van der Waals surface area contributed by atoms with Gasteiger partial charge in [0, 0.05) is 30.5 Å². The van der Waals surface area contributed by atoms with E-state index in [2.05, 4.69) is 25.6 Å². The fraction of sp³-hybridized carbons (Fsp3) is 0.389. The van der Waals surface area contributed by atoms with E-state index in [1.54, 1.807) is 6.07 Å². The van der Waals surface area contributed by atoms with E-state index in [1.165, 1.54) is 18.3 Å². The average molecular weight is 392 g/mol. The molecule has 0 aliphatic carbocycles. The molecule has 2 N–H and O–H groups in total. The normalized spacial score (nSPS) is 16.1. The molecule has 1 fully saturated rings. The minimum atomic E-state index is -0.401. The van der Waals surface area contributed by atoms with Gasteiger partial charge in [-0.05, 0) is 38.1 Å². The summed E-state index contributed by atoms with van der Waals surface area (Å²) in [5.41, 5.74) is 1.56. The molecule has 3 heterocycles. The standard InChI is InChI=1S/C18H19ClFN5O2/c19-16-14(10-22-23-18(16)26)21-5-8-25-6-3-11(4-7-25)17-13-2-1-12(20)9-15(13)27-24-17/h1-2,9-11H,3-8H2,(H2,21,23,26). The van der Waals surface area contributed by atoms with Crippen LogP contribution in [0.4, 0.5) is 10.1 Å². The van der Waals surface area contributed by atoms with Crippen molar-refractivity contribution in [3.05, 3.63) is 51.3 Å². The molecular weight excluding hydrogens is 373 g/mol. The highest BCUT2D eigenvalue weighted by atomic mass is 35.5. The van der Waals surface area contributed by atoms with Gasteiger partial charge in [-0.1, -0.05) is 16.8 Å². The predicted molar refractivity (Wildman–Crippen MR) is 101 cm³/mol. The Balaban J connectivity index is 1.31. The first-order valence-electron chi connectivity index (χ1n) is 8.86. The minimum absolute atomic E-state index is 0.123. The molecule has 0 spiro atoms. The maximum atomic E-state index is 13.3. The zero-order valence-corrected chi connectivity index (χ0v) is 15.3. The van der Waals surface area contributed by atoms with E-state index in [4.69, 9.17) is 16.1 Å². The Morgan fingerprint density at radius 2 is 2.19 bits per heavy atom. The maximum Gasteiger partial charge on any atom is 0.285 e. The SMILES string of the molecule is O=c1[nH]ncc(NCCN2CCC(c3noc4cc(F)ccc34)CC2)c1Cl. The summed E-state index contributed by atoms with van der Waals surface area (Å²) in [5, 5.41) is 14.4. The molecule has 3 aromatic rings. The third-order valence-corrected chi connectivity index (χ3v) is 5.35. The maximum absolute atomic E-state index is 13.3. The third kappa shape index (κ3) is 3.81. The van der Waals surface area contributed by atoms with Crippen LogP contribution in [0.15, 0.2) is 33.7 Å². The Labute approximate surface area is 159 Å². The number of likely N-dealkylation sites (tertiary alicyclic amines) is 1. The Hall–Kier alpha value is -2.45. The molecule has 27 heavy (non-hydrogen) atoms. The summed E-state index contributed by atoms with van der Waals surface area (Å²) in [6, 6.07) is 4.56. The van der Waals surface area contributed by atoms with E-state index >= 15 is 0 Å². The van der Waals surface area contributed by atoms with Gasteiger partial charge in [0.25, 0.3) is 5.56 Å². The van der Waals surface area contributed by atoms with Gasteiger partial charge >= 0.3 is 0 Å². The number of fused-ring (bicyclic) bond motifs is 1. The van der Waals surface area contributed by atoms with Crippen LogP contribution in [-0.2, 0) is 0 Å². The van der Waals surface area contributed by atoms with Gasteiger partial charge in [-0.15, -0.1) is 0 Å². The zero-order chi connectivity index (χ0) is 18.8. The quantitative estimate of drug-likeness (QED) is 0.695. The van der Waals surface area contributed by atoms with Crippen molar-refractivity contribution in [3.8, 4) is 0 Å². The number of hydrogen-bond donors (Lipinski definition) is 2. The summed E-state index contributed by atoms with van der Waals surface area (Å²) in [4.78, 5) is 13.8. The van der Waals surface area contributed by atoms with Gasteiger partial charge in [0.15, 0.2) is 5.58 Å². The molecule has 7 nitrogen and oxygen atoms in total. The van der Waals surface area contributed by atoms with Gasteiger partial charge in [0.1, 0.15) is 10.8 Å². The molecule has 0 atom stereocenters. The van der Waals surface area contributed by atoms with Crippen molar-refractivity contribution in [3.63, 3.8) is 0 Å². The summed E-state index contributed by atoms with van der Waals surface area (Å²) >= 11 is 5.95. The molecule has 1 aliphatic heterocycles. The summed E-state index contributed by atoms with van der Waals surface area (Å²) in [7, 11) is 0. The lowest BCUT2D eigenvalue weighted by Crippen LogP contribution is -2.36. The third-order valence-electron chi connectivity index (χ3n) is 4.98. The number of nitrogens with one attached hydrogen (secondary N) is 2. The Kier molecular flexibility index (Phi) is 5.09. The molecule has 4 rings (SSSR count). The number of rotatable bonds is 5. The smallest absolute Gasteiger partial charge is 0.285 e. The molecule has 0 saturated carbocycles. The number of aromatic nitrogens is 3. The molecule has 142 valence electrons. The number of halogens is 2. The van der Waals surface area contributed by atoms with Crippen LogP contribution < -0.4 is 10.9 Å². The number of H-pyrrole nitrogens is 1. The highest BCUT2D eigenvalue weighted by Crippen LogP contribution is 2.32. The number of nitrogens with zero attached hydrogens (tertiary/aromatic N) is 3. The van der Waals surface area contributed by atoms with Crippen molar-refractivity contribution in [2.24, 2.45) is 0 Å². The first kappa shape index (κ1) is 17.9. The van der Waals surface area contributed by atoms with E-state index in [9.17, 15) is 9.18 Å². The van der Waals surface area contributed by atoms with Crippen LogP contribution in [0.3, 0.4) is 0 Å². The van der Waals surface area contributed by atoms with Crippen LogP contribution in [0.2, 0.25) is 5.02 Å². The fourth-order valence-electron chi connectivity index (χ4n) is 3.51. The molecule has 0 bridgehead atoms. The fourth-order valence-corrected chi connectivity index (χ4v) is 3.67. The largest absolute Gasteiger partial charge is 0.381 e. The zero-order valence-electron chi connectivity index (χ0n) is 14.5. The van der Waals surface area contributed by atoms with E-state index in [-0.39, 0.29) is 10.8 Å². The predicted octanol–water partition coefficient (Wildman–Crippen LogP) is 3.00.